The van der Waals surface area contributed by atoms with E-state index < -0.39 is 67.4 Å². The van der Waals surface area contributed by atoms with Crippen molar-refractivity contribution in [3.8, 4) is 0 Å². The molecular weight excluding hydrogens is 1110 g/mol. The summed E-state index contributed by atoms with van der Waals surface area (Å²) < 4.78 is 17.7. The van der Waals surface area contributed by atoms with Gasteiger partial charge in [-0.1, -0.05) is 311 Å². The Labute approximate surface area is 546 Å². The topological polar surface area (TPSA) is 175 Å². The Balaban J connectivity index is 2.57. The lowest BCUT2D eigenvalue weighted by atomic mass is 9.99. The fourth-order valence-electron chi connectivity index (χ4n) is 11.2. The third-order valence-electron chi connectivity index (χ3n) is 17.0. The number of aliphatic hydroxyl groups is 5. The molecule has 1 heterocycles. The summed E-state index contributed by atoms with van der Waals surface area (Å²) in [4.78, 5) is 26.7. The summed E-state index contributed by atoms with van der Waals surface area (Å²) in [6.45, 7) is 5.68. The zero-order chi connectivity index (χ0) is 64.6. The highest BCUT2D eigenvalue weighted by atomic mass is 16.7. The second kappa shape index (κ2) is 64.7. The molecule has 11 nitrogen and oxygen atoms in total. The minimum absolute atomic E-state index is 0.120. The van der Waals surface area contributed by atoms with Crippen LogP contribution in [0.4, 0.5) is 0 Å². The number of ether oxygens (including phenoxy) is 3. The Hall–Kier alpha value is -3.42. The first-order chi connectivity index (χ1) is 43.7. The number of unbranched alkanes of at least 4 members (excludes halogenated alkanes) is 35. The normalized spacial score (nSPS) is 18.7. The molecular formula is C78H137NO10. The van der Waals surface area contributed by atoms with Crippen molar-refractivity contribution in [2.75, 3.05) is 13.2 Å². The quantitative estimate of drug-likeness (QED) is 0.0195. The van der Waals surface area contributed by atoms with Crippen LogP contribution in [0.15, 0.2) is 97.2 Å². The van der Waals surface area contributed by atoms with Crippen LogP contribution >= 0.6 is 0 Å². The molecule has 11 heteroatoms. The van der Waals surface area contributed by atoms with Gasteiger partial charge in [0.2, 0.25) is 5.91 Å². The van der Waals surface area contributed by atoms with Gasteiger partial charge in [0, 0.05) is 6.42 Å². The van der Waals surface area contributed by atoms with Gasteiger partial charge >= 0.3 is 5.97 Å². The van der Waals surface area contributed by atoms with Gasteiger partial charge in [-0.2, -0.15) is 0 Å². The lowest BCUT2D eigenvalue weighted by molar-refractivity contribution is -0.305. The second-order valence-electron chi connectivity index (χ2n) is 25.3. The van der Waals surface area contributed by atoms with Crippen LogP contribution in [-0.4, -0.2) is 99.6 Å². The molecule has 1 amide bonds. The first kappa shape index (κ1) is 83.6. The summed E-state index contributed by atoms with van der Waals surface area (Å²) in [7, 11) is 0. The van der Waals surface area contributed by atoms with Gasteiger partial charge in [0.05, 0.1) is 25.4 Å². The summed E-state index contributed by atoms with van der Waals surface area (Å²) in [5.74, 6) is -1.20. The minimum atomic E-state index is -1.62. The van der Waals surface area contributed by atoms with E-state index in [1.165, 1.54) is 161 Å². The summed E-state index contributed by atoms with van der Waals surface area (Å²) >= 11 is 0. The lowest BCUT2D eigenvalue weighted by Gasteiger charge is -2.41. The van der Waals surface area contributed by atoms with E-state index in [9.17, 15) is 35.1 Å². The van der Waals surface area contributed by atoms with Crippen LogP contribution < -0.4 is 5.32 Å². The van der Waals surface area contributed by atoms with Gasteiger partial charge in [-0.05, 0) is 103 Å². The summed E-state index contributed by atoms with van der Waals surface area (Å²) in [5.41, 5.74) is 0. The molecule has 8 unspecified atom stereocenters. The highest BCUT2D eigenvalue weighted by Crippen LogP contribution is 2.26. The van der Waals surface area contributed by atoms with Gasteiger partial charge < -0.3 is 45.1 Å². The molecule has 89 heavy (non-hydrogen) atoms. The Bertz CT molecular complexity index is 1820. The first-order valence-electron chi connectivity index (χ1n) is 37.0. The van der Waals surface area contributed by atoms with E-state index in [1.807, 2.05) is 6.08 Å². The van der Waals surface area contributed by atoms with Crippen LogP contribution in [0.5, 0.6) is 0 Å². The van der Waals surface area contributed by atoms with Crippen molar-refractivity contribution >= 4 is 11.9 Å². The number of rotatable bonds is 63. The summed E-state index contributed by atoms with van der Waals surface area (Å²) in [6.07, 6.45) is 77.3. The van der Waals surface area contributed by atoms with Crippen LogP contribution in [0, 0.1) is 0 Å². The maximum atomic E-state index is 13.5. The lowest BCUT2D eigenvalue weighted by Crippen LogP contribution is -2.61. The first-order valence-corrected chi connectivity index (χ1v) is 37.0. The summed E-state index contributed by atoms with van der Waals surface area (Å²) in [6, 6.07) is -1.04. The Morgan fingerprint density at radius 2 is 0.809 bits per heavy atom. The monoisotopic (exact) mass is 1250 g/mol. The number of hydrogen-bond acceptors (Lipinski definition) is 10. The third kappa shape index (κ3) is 51.7. The maximum absolute atomic E-state index is 13.5. The van der Waals surface area contributed by atoms with Crippen molar-refractivity contribution in [2.45, 2.75) is 372 Å². The van der Waals surface area contributed by atoms with Gasteiger partial charge in [-0.3, -0.25) is 9.59 Å². The van der Waals surface area contributed by atoms with E-state index in [0.29, 0.717) is 12.8 Å². The Morgan fingerprint density at radius 3 is 1.24 bits per heavy atom. The number of esters is 1. The molecule has 1 aliphatic rings. The molecule has 6 N–H and O–H groups in total. The zero-order valence-corrected chi connectivity index (χ0v) is 57.3. The van der Waals surface area contributed by atoms with Crippen molar-refractivity contribution in [2.24, 2.45) is 0 Å². The molecule has 0 aromatic carbocycles. The van der Waals surface area contributed by atoms with Gasteiger partial charge in [0.25, 0.3) is 0 Å². The molecule has 8 atom stereocenters. The molecule has 514 valence electrons. The molecule has 0 aromatic rings. The summed E-state index contributed by atoms with van der Waals surface area (Å²) in [5, 5.41) is 57.3. The van der Waals surface area contributed by atoms with E-state index in [4.69, 9.17) is 14.2 Å². The van der Waals surface area contributed by atoms with E-state index in [-0.39, 0.29) is 19.4 Å². The van der Waals surface area contributed by atoms with E-state index in [2.05, 4.69) is 111 Å². The van der Waals surface area contributed by atoms with E-state index >= 15 is 0 Å². The van der Waals surface area contributed by atoms with Crippen molar-refractivity contribution in [3.05, 3.63) is 97.2 Å². The number of carbonyl (C=O) groups is 2. The SMILES string of the molecule is CC/C=C\C/C=C\C/C=C\C/C=C\C/C=C\CCCCCCCCC(O)C(=O)NC(COC1OC(CO)C(O)C(O)C1OC(=O)CCCCCCCCCCCCCCCCC/C=C\C/C=C\CCCCC)C(O)/C=C/CCCCCCCCCCCCC. The average molecular weight is 1250 g/mol. The molecule has 1 aliphatic heterocycles. The fourth-order valence-corrected chi connectivity index (χ4v) is 11.2. The number of carbonyl (C=O) groups excluding carboxylic acids is 2. The number of aliphatic hydroxyl groups excluding tert-OH is 5. The number of nitrogens with one attached hydrogen (secondary N) is 1. The number of hydrogen-bond donors (Lipinski definition) is 6. The van der Waals surface area contributed by atoms with Crippen LogP contribution in [0.3, 0.4) is 0 Å². The third-order valence-corrected chi connectivity index (χ3v) is 17.0. The molecule has 0 aliphatic carbocycles. The average Bonchev–Trinajstić information content (AvgIpc) is 3.11. The molecule has 0 radical (unpaired) electrons. The van der Waals surface area contributed by atoms with Crippen LogP contribution in [0.1, 0.15) is 323 Å². The van der Waals surface area contributed by atoms with Crippen molar-refractivity contribution in [1.29, 1.82) is 0 Å². The van der Waals surface area contributed by atoms with Crippen molar-refractivity contribution in [3.63, 3.8) is 0 Å². The predicted octanol–water partition coefficient (Wildman–Crippen LogP) is 19.4. The largest absolute Gasteiger partial charge is 0.454 e. The Kier molecular flexibility index (Phi) is 60.7. The van der Waals surface area contributed by atoms with Crippen molar-refractivity contribution in [1.82, 2.24) is 5.32 Å². The van der Waals surface area contributed by atoms with Gasteiger partial charge in [0.15, 0.2) is 12.4 Å². The van der Waals surface area contributed by atoms with Gasteiger partial charge in [-0.25, -0.2) is 0 Å². The van der Waals surface area contributed by atoms with E-state index in [1.54, 1.807) is 6.08 Å². The highest BCUT2D eigenvalue weighted by Gasteiger charge is 2.47. The second-order valence-corrected chi connectivity index (χ2v) is 25.3. The van der Waals surface area contributed by atoms with E-state index in [0.717, 1.165) is 116 Å². The molecule has 1 saturated heterocycles. The number of amides is 1. The fraction of sp³-hybridized carbons (Fsp3) is 0.769. The molecule has 1 fully saturated rings. The highest BCUT2D eigenvalue weighted by molar-refractivity contribution is 5.80. The van der Waals surface area contributed by atoms with Gasteiger partial charge in [0.1, 0.15) is 24.4 Å². The molecule has 0 spiro atoms. The predicted molar refractivity (Wildman–Crippen MR) is 375 cm³/mol. The van der Waals surface area contributed by atoms with Gasteiger partial charge in [-0.15, -0.1) is 0 Å². The van der Waals surface area contributed by atoms with Crippen LogP contribution in [-0.2, 0) is 23.8 Å². The Morgan fingerprint density at radius 1 is 0.449 bits per heavy atom. The smallest absolute Gasteiger partial charge is 0.306 e. The molecule has 1 rings (SSSR count). The zero-order valence-electron chi connectivity index (χ0n) is 57.3. The molecule has 0 saturated carbocycles. The van der Waals surface area contributed by atoms with Crippen LogP contribution in [0.25, 0.3) is 0 Å². The number of allylic oxidation sites excluding steroid dienone is 15. The molecule has 0 bridgehead atoms. The standard InChI is InChI=1S/C78H137NO10/c1-4-7-10-13-16-19-22-25-27-29-31-33-35-36-37-39-41-43-45-48-51-54-57-60-63-66-73(83)89-76-75(85)74(84)72(67-80)88-78(76)87-68-69(70(81)64-61-58-55-52-49-46-24-21-18-15-12-9-6-3)79-77(86)71(82)65-62-59-56-53-50-47-44-42-40-38-34-32-30-28-26-23-20-17-14-11-8-5-2/h8,11,16-17,19-20,25-28,32,34,40,42,61,64,69-72,74-76,78,80-82,84-85H,4-7,9-10,12-15,18,21-24,29-31,33,35-39,41,43-60,62-63,65-68H2,1-3H3,(H,79,86)/b11-8-,19-16-,20-17-,27-25-,28-26-,34-32-,42-40-,64-61+. The maximum Gasteiger partial charge on any atom is 0.306 e. The minimum Gasteiger partial charge on any atom is -0.454 e. The molecule has 0 aromatic heterocycles. The van der Waals surface area contributed by atoms with Crippen LogP contribution in [0.2, 0.25) is 0 Å². The van der Waals surface area contributed by atoms with Crippen molar-refractivity contribution < 1.29 is 49.3 Å².